The fraction of sp³-hybridized carbons (Fsp3) is 0.667. The summed E-state index contributed by atoms with van der Waals surface area (Å²) in [6.07, 6.45) is 7.59. The number of ketones is 1. The van der Waals surface area contributed by atoms with E-state index in [1.165, 1.54) is 43.4 Å². The molecule has 0 saturated heterocycles. The summed E-state index contributed by atoms with van der Waals surface area (Å²) in [4.78, 5) is 14.1. The van der Waals surface area contributed by atoms with Crippen molar-refractivity contribution < 1.29 is 4.79 Å². The monoisotopic (exact) mass is 328 g/mol. The average Bonchev–Trinajstić information content (AvgIpc) is 3.34. The van der Waals surface area contributed by atoms with E-state index in [4.69, 9.17) is 5.73 Å². The van der Waals surface area contributed by atoms with Crippen LogP contribution in [-0.4, -0.2) is 18.4 Å². The van der Waals surface area contributed by atoms with Crippen LogP contribution >= 0.6 is 0 Å². The molecule has 132 valence electrons. The van der Waals surface area contributed by atoms with Gasteiger partial charge < -0.3 is 10.6 Å². The molecule has 3 heteroatoms. The average molecular weight is 329 g/mol. The Morgan fingerprint density at radius 3 is 2.50 bits per heavy atom. The lowest BCUT2D eigenvalue weighted by atomic mass is 9.92. The number of hydrogen-bond donors (Lipinski definition) is 1. The zero-order valence-corrected chi connectivity index (χ0v) is 15.4. The number of hydrogen-bond acceptors (Lipinski definition) is 3. The molecule has 3 rings (SSSR count). The SMILES string of the molecule is CC(=O)C1C[C@H]1c1ccc(N(CC(C)C)C2CCCCC2)c(N)c1. The highest BCUT2D eigenvalue weighted by molar-refractivity contribution is 5.83. The Kier molecular flexibility index (Phi) is 5.17. The lowest BCUT2D eigenvalue weighted by molar-refractivity contribution is -0.118. The van der Waals surface area contributed by atoms with Crippen LogP contribution in [-0.2, 0) is 4.79 Å². The molecule has 0 amide bonds. The zero-order valence-electron chi connectivity index (χ0n) is 15.4. The molecule has 1 aromatic rings. The molecular weight excluding hydrogens is 296 g/mol. The molecule has 1 unspecified atom stereocenters. The molecule has 2 aliphatic carbocycles. The molecule has 0 heterocycles. The molecule has 2 saturated carbocycles. The molecule has 0 aromatic heterocycles. The van der Waals surface area contributed by atoms with Gasteiger partial charge >= 0.3 is 0 Å². The summed E-state index contributed by atoms with van der Waals surface area (Å²) < 4.78 is 0. The Morgan fingerprint density at radius 2 is 1.96 bits per heavy atom. The third-order valence-corrected chi connectivity index (χ3v) is 5.68. The molecule has 0 radical (unpaired) electrons. The number of carbonyl (C=O) groups is 1. The van der Waals surface area contributed by atoms with E-state index in [1.54, 1.807) is 6.92 Å². The zero-order chi connectivity index (χ0) is 17.3. The highest BCUT2D eigenvalue weighted by atomic mass is 16.1. The van der Waals surface area contributed by atoms with E-state index in [0.29, 0.717) is 23.7 Å². The van der Waals surface area contributed by atoms with Crippen molar-refractivity contribution in [1.29, 1.82) is 0 Å². The van der Waals surface area contributed by atoms with Gasteiger partial charge in [-0.05, 0) is 55.7 Å². The largest absolute Gasteiger partial charge is 0.397 e. The van der Waals surface area contributed by atoms with Crippen molar-refractivity contribution in [2.45, 2.75) is 71.3 Å². The number of carbonyl (C=O) groups excluding carboxylic acids is 1. The van der Waals surface area contributed by atoms with Gasteiger partial charge in [-0.15, -0.1) is 0 Å². The second kappa shape index (κ2) is 7.16. The molecular formula is C21H32N2O. The lowest BCUT2D eigenvalue weighted by Gasteiger charge is -2.38. The summed E-state index contributed by atoms with van der Waals surface area (Å²) in [6, 6.07) is 7.16. The molecule has 1 aromatic carbocycles. The van der Waals surface area contributed by atoms with E-state index in [-0.39, 0.29) is 5.92 Å². The molecule has 0 aliphatic heterocycles. The minimum absolute atomic E-state index is 0.223. The standard InChI is InChI=1S/C21H32N2O/c1-14(2)13-23(17-7-5-4-6-8-17)21-10-9-16(11-20(21)22)19-12-18(19)15(3)24/h9-11,14,17-19H,4-8,12-13,22H2,1-3H3/t18?,19-/m0/s1. The second-order valence-electron chi connectivity index (χ2n) is 8.22. The van der Waals surface area contributed by atoms with Crippen molar-refractivity contribution >= 4 is 17.2 Å². The van der Waals surface area contributed by atoms with Crippen LogP contribution in [0.1, 0.15) is 70.8 Å². The third-order valence-electron chi connectivity index (χ3n) is 5.68. The van der Waals surface area contributed by atoms with Gasteiger partial charge in [0.1, 0.15) is 5.78 Å². The van der Waals surface area contributed by atoms with Crippen molar-refractivity contribution in [2.24, 2.45) is 11.8 Å². The van der Waals surface area contributed by atoms with Gasteiger partial charge in [0.2, 0.25) is 0 Å². The Hall–Kier alpha value is -1.51. The molecule has 2 atom stereocenters. The first-order valence-corrected chi connectivity index (χ1v) is 9.64. The van der Waals surface area contributed by atoms with E-state index in [1.807, 2.05) is 0 Å². The quantitative estimate of drug-likeness (QED) is 0.766. The number of nitrogens with zero attached hydrogens (tertiary/aromatic N) is 1. The number of nitrogen functional groups attached to an aromatic ring is 1. The van der Waals surface area contributed by atoms with Crippen LogP contribution in [0.3, 0.4) is 0 Å². The van der Waals surface area contributed by atoms with Crippen molar-refractivity contribution in [3.8, 4) is 0 Å². The molecule has 0 bridgehead atoms. The molecule has 24 heavy (non-hydrogen) atoms. The minimum Gasteiger partial charge on any atom is -0.397 e. The molecule has 3 nitrogen and oxygen atoms in total. The van der Waals surface area contributed by atoms with Crippen molar-refractivity contribution in [1.82, 2.24) is 0 Å². The van der Waals surface area contributed by atoms with Gasteiger partial charge in [-0.2, -0.15) is 0 Å². The Morgan fingerprint density at radius 1 is 1.25 bits per heavy atom. The number of rotatable bonds is 6. The van der Waals surface area contributed by atoms with E-state index in [2.05, 4.69) is 36.9 Å². The van der Waals surface area contributed by atoms with Gasteiger partial charge in [0.15, 0.2) is 0 Å². The number of anilines is 2. The van der Waals surface area contributed by atoms with Gasteiger partial charge in [-0.3, -0.25) is 4.79 Å². The third kappa shape index (κ3) is 3.76. The molecule has 2 fully saturated rings. The summed E-state index contributed by atoms with van der Waals surface area (Å²) >= 11 is 0. The second-order valence-corrected chi connectivity index (χ2v) is 8.22. The fourth-order valence-electron chi connectivity index (χ4n) is 4.31. The Bertz CT molecular complexity index is 590. The predicted octanol–water partition coefficient (Wildman–Crippen LogP) is 4.76. The highest BCUT2D eigenvalue weighted by Gasteiger charge is 2.41. The topological polar surface area (TPSA) is 46.3 Å². The van der Waals surface area contributed by atoms with Crippen LogP contribution < -0.4 is 10.6 Å². The lowest BCUT2D eigenvalue weighted by Crippen LogP contribution is -2.39. The van der Waals surface area contributed by atoms with E-state index >= 15 is 0 Å². The normalized spacial score (nSPS) is 24.2. The first kappa shape index (κ1) is 17.3. The van der Waals surface area contributed by atoms with Crippen LogP contribution in [0, 0.1) is 11.8 Å². The van der Waals surface area contributed by atoms with Gasteiger partial charge in [-0.1, -0.05) is 39.2 Å². The fourth-order valence-corrected chi connectivity index (χ4v) is 4.31. The first-order chi connectivity index (χ1) is 11.5. The van der Waals surface area contributed by atoms with Crippen molar-refractivity contribution in [3.05, 3.63) is 23.8 Å². The maximum Gasteiger partial charge on any atom is 0.133 e. The van der Waals surface area contributed by atoms with Gasteiger partial charge in [0.05, 0.1) is 11.4 Å². The van der Waals surface area contributed by atoms with Crippen molar-refractivity contribution in [3.63, 3.8) is 0 Å². The number of benzene rings is 1. The molecule has 0 spiro atoms. The smallest absolute Gasteiger partial charge is 0.133 e. The van der Waals surface area contributed by atoms with Crippen molar-refractivity contribution in [2.75, 3.05) is 17.2 Å². The summed E-state index contributed by atoms with van der Waals surface area (Å²) in [6.45, 7) is 7.33. The minimum atomic E-state index is 0.223. The van der Waals surface area contributed by atoms with Crippen LogP contribution in [0.4, 0.5) is 11.4 Å². The summed E-state index contributed by atoms with van der Waals surface area (Å²) in [5, 5.41) is 0. The number of nitrogens with two attached hydrogens (primary N) is 1. The van der Waals surface area contributed by atoms with Crippen LogP contribution in [0.25, 0.3) is 0 Å². The first-order valence-electron chi connectivity index (χ1n) is 9.64. The predicted molar refractivity (Wildman–Crippen MR) is 101 cm³/mol. The van der Waals surface area contributed by atoms with Gasteiger partial charge in [0, 0.05) is 18.5 Å². The number of Topliss-reactive ketones (excluding diaryl/α,β-unsaturated/α-hetero) is 1. The van der Waals surface area contributed by atoms with Crippen LogP contribution in [0.5, 0.6) is 0 Å². The molecule has 2 N–H and O–H groups in total. The maximum atomic E-state index is 11.5. The summed E-state index contributed by atoms with van der Waals surface area (Å²) in [5.74, 6) is 1.55. The van der Waals surface area contributed by atoms with Crippen LogP contribution in [0.2, 0.25) is 0 Å². The van der Waals surface area contributed by atoms with E-state index in [9.17, 15) is 4.79 Å². The Labute approximate surface area is 146 Å². The Balaban J connectivity index is 1.81. The van der Waals surface area contributed by atoms with Gasteiger partial charge in [0.25, 0.3) is 0 Å². The summed E-state index contributed by atoms with van der Waals surface area (Å²) in [5.41, 5.74) is 9.78. The van der Waals surface area contributed by atoms with E-state index in [0.717, 1.165) is 18.7 Å². The van der Waals surface area contributed by atoms with Gasteiger partial charge in [-0.25, -0.2) is 0 Å². The molecule has 2 aliphatic rings. The summed E-state index contributed by atoms with van der Waals surface area (Å²) in [7, 11) is 0. The maximum absolute atomic E-state index is 11.5. The van der Waals surface area contributed by atoms with Crippen LogP contribution in [0.15, 0.2) is 18.2 Å². The van der Waals surface area contributed by atoms with E-state index < -0.39 is 0 Å². The highest BCUT2D eigenvalue weighted by Crippen LogP contribution is 2.49.